The van der Waals surface area contributed by atoms with E-state index in [-0.39, 0.29) is 10.8 Å². The highest BCUT2D eigenvalue weighted by Crippen LogP contribution is 2.17. The van der Waals surface area contributed by atoms with Gasteiger partial charge in [0.2, 0.25) is 10.0 Å². The summed E-state index contributed by atoms with van der Waals surface area (Å²) in [6.45, 7) is 0. The molecule has 22 heavy (non-hydrogen) atoms. The quantitative estimate of drug-likeness (QED) is 0.880. The summed E-state index contributed by atoms with van der Waals surface area (Å²) in [5.41, 5.74) is 0.811. The van der Waals surface area contributed by atoms with Crippen molar-refractivity contribution < 1.29 is 17.9 Å². The summed E-state index contributed by atoms with van der Waals surface area (Å²) in [5, 5.41) is 2.66. The fraction of sp³-hybridized carbons (Fsp3) is 0.133. The molecular formula is C15H16N2O4S. The van der Waals surface area contributed by atoms with Crippen LogP contribution in [0.4, 0.5) is 5.69 Å². The second kappa shape index (κ2) is 6.59. The number of ether oxygens (including phenoxy) is 1. The first-order chi connectivity index (χ1) is 10.5. The number of amides is 1. The topological polar surface area (TPSA) is 84.5 Å². The number of anilines is 1. The second-order valence-corrected chi connectivity index (χ2v) is 6.31. The number of carbonyl (C=O) groups excluding carboxylic acids is 1. The molecule has 0 saturated heterocycles. The summed E-state index contributed by atoms with van der Waals surface area (Å²) in [4.78, 5) is 12.3. The van der Waals surface area contributed by atoms with Crippen LogP contribution in [-0.2, 0) is 10.0 Å². The van der Waals surface area contributed by atoms with Crippen molar-refractivity contribution in [1.29, 1.82) is 0 Å². The van der Waals surface area contributed by atoms with Crippen molar-refractivity contribution in [2.75, 3.05) is 19.5 Å². The summed E-state index contributed by atoms with van der Waals surface area (Å²) < 4.78 is 30.8. The SMILES string of the molecule is CNS(=O)(=O)c1cccc(NC(=O)c2cccc(OC)c2)c1. The summed E-state index contributed by atoms with van der Waals surface area (Å²) in [7, 11) is -0.706. The van der Waals surface area contributed by atoms with E-state index >= 15 is 0 Å². The Morgan fingerprint density at radius 3 is 2.50 bits per heavy atom. The molecule has 0 aliphatic heterocycles. The third-order valence-corrected chi connectivity index (χ3v) is 4.41. The minimum atomic E-state index is -3.55. The lowest BCUT2D eigenvalue weighted by Gasteiger charge is -2.08. The monoisotopic (exact) mass is 320 g/mol. The zero-order chi connectivity index (χ0) is 16.2. The lowest BCUT2D eigenvalue weighted by Crippen LogP contribution is -2.19. The molecule has 2 aromatic rings. The van der Waals surface area contributed by atoms with Crippen molar-refractivity contribution in [3.05, 3.63) is 54.1 Å². The molecule has 0 bridgehead atoms. The molecule has 0 spiro atoms. The van der Waals surface area contributed by atoms with Crippen LogP contribution in [-0.4, -0.2) is 28.5 Å². The zero-order valence-corrected chi connectivity index (χ0v) is 13.0. The highest BCUT2D eigenvalue weighted by Gasteiger charge is 2.13. The van der Waals surface area contributed by atoms with Crippen LogP contribution in [0, 0.1) is 0 Å². The van der Waals surface area contributed by atoms with Gasteiger partial charge in [0.05, 0.1) is 12.0 Å². The molecule has 2 rings (SSSR count). The van der Waals surface area contributed by atoms with Gasteiger partial charge in [-0.25, -0.2) is 13.1 Å². The highest BCUT2D eigenvalue weighted by molar-refractivity contribution is 7.89. The number of carbonyl (C=O) groups is 1. The summed E-state index contributed by atoms with van der Waals surface area (Å²) >= 11 is 0. The van der Waals surface area contributed by atoms with Crippen LogP contribution in [0.25, 0.3) is 0 Å². The standard InChI is InChI=1S/C15H16N2O4S/c1-16-22(19,20)14-8-4-6-12(10-14)17-15(18)11-5-3-7-13(9-11)21-2/h3-10,16H,1-2H3,(H,17,18). The van der Waals surface area contributed by atoms with Crippen LogP contribution in [0.15, 0.2) is 53.4 Å². The Bertz CT molecular complexity index is 788. The van der Waals surface area contributed by atoms with Gasteiger partial charge in [0, 0.05) is 11.3 Å². The summed E-state index contributed by atoms with van der Waals surface area (Å²) in [5.74, 6) is 0.220. The third-order valence-electron chi connectivity index (χ3n) is 3.00. The number of methoxy groups -OCH3 is 1. The number of benzene rings is 2. The predicted octanol–water partition coefficient (Wildman–Crippen LogP) is 1.86. The molecule has 0 fully saturated rings. The Morgan fingerprint density at radius 2 is 1.82 bits per heavy atom. The van der Waals surface area contributed by atoms with Crippen molar-refractivity contribution in [3.63, 3.8) is 0 Å². The second-order valence-electron chi connectivity index (χ2n) is 4.42. The molecule has 0 aromatic heterocycles. The van der Waals surface area contributed by atoms with Gasteiger partial charge in [-0.2, -0.15) is 0 Å². The van der Waals surface area contributed by atoms with Gasteiger partial charge < -0.3 is 10.1 Å². The van der Waals surface area contributed by atoms with Crippen LogP contribution in [0.5, 0.6) is 5.75 Å². The fourth-order valence-corrected chi connectivity index (χ4v) is 2.60. The zero-order valence-electron chi connectivity index (χ0n) is 12.2. The van der Waals surface area contributed by atoms with Gasteiger partial charge in [0.1, 0.15) is 5.75 Å². The number of rotatable bonds is 5. The van der Waals surface area contributed by atoms with Crippen molar-refractivity contribution in [3.8, 4) is 5.75 Å². The number of hydrogen-bond acceptors (Lipinski definition) is 4. The molecule has 116 valence electrons. The van der Waals surface area contributed by atoms with Crippen LogP contribution in [0.3, 0.4) is 0 Å². The van der Waals surface area contributed by atoms with E-state index < -0.39 is 10.0 Å². The molecule has 0 radical (unpaired) electrons. The molecule has 0 heterocycles. The minimum Gasteiger partial charge on any atom is -0.497 e. The Labute approximate surface area is 129 Å². The molecule has 0 atom stereocenters. The molecule has 0 saturated carbocycles. The number of hydrogen-bond donors (Lipinski definition) is 2. The van der Waals surface area contributed by atoms with E-state index in [2.05, 4.69) is 10.0 Å². The van der Waals surface area contributed by atoms with Crippen molar-refractivity contribution in [2.24, 2.45) is 0 Å². The van der Waals surface area contributed by atoms with Crippen LogP contribution < -0.4 is 14.8 Å². The van der Waals surface area contributed by atoms with Gasteiger partial charge in [-0.05, 0) is 43.4 Å². The molecule has 1 amide bonds. The number of sulfonamides is 1. The van der Waals surface area contributed by atoms with Gasteiger partial charge in [0.25, 0.3) is 5.91 Å². The van der Waals surface area contributed by atoms with Gasteiger partial charge in [-0.1, -0.05) is 12.1 Å². The summed E-state index contributed by atoms with van der Waals surface area (Å²) in [6.07, 6.45) is 0. The average molecular weight is 320 g/mol. The number of nitrogens with one attached hydrogen (secondary N) is 2. The van der Waals surface area contributed by atoms with E-state index in [9.17, 15) is 13.2 Å². The summed E-state index contributed by atoms with van der Waals surface area (Å²) in [6, 6.07) is 12.7. The first-order valence-corrected chi connectivity index (χ1v) is 7.93. The molecule has 2 aromatic carbocycles. The van der Waals surface area contributed by atoms with Crippen LogP contribution in [0.2, 0.25) is 0 Å². The molecule has 6 nitrogen and oxygen atoms in total. The average Bonchev–Trinajstić information content (AvgIpc) is 2.55. The van der Waals surface area contributed by atoms with Crippen LogP contribution >= 0.6 is 0 Å². The van der Waals surface area contributed by atoms with Crippen molar-refractivity contribution in [1.82, 2.24) is 4.72 Å². The maximum atomic E-state index is 12.2. The van der Waals surface area contributed by atoms with Gasteiger partial charge in [0.15, 0.2) is 0 Å². The molecule has 0 unspecified atom stereocenters. The van der Waals surface area contributed by atoms with E-state index in [0.717, 1.165) is 0 Å². The Hall–Kier alpha value is -2.38. The van der Waals surface area contributed by atoms with E-state index in [0.29, 0.717) is 17.0 Å². The maximum Gasteiger partial charge on any atom is 0.255 e. The third kappa shape index (κ3) is 3.63. The Morgan fingerprint density at radius 1 is 1.09 bits per heavy atom. The molecule has 7 heteroatoms. The first kappa shape index (κ1) is 16.0. The fourth-order valence-electron chi connectivity index (χ4n) is 1.83. The van der Waals surface area contributed by atoms with Gasteiger partial charge in [-0.15, -0.1) is 0 Å². The van der Waals surface area contributed by atoms with Crippen molar-refractivity contribution in [2.45, 2.75) is 4.90 Å². The van der Waals surface area contributed by atoms with Gasteiger partial charge >= 0.3 is 0 Å². The Kier molecular flexibility index (Phi) is 4.79. The molecule has 0 aliphatic rings. The molecule has 2 N–H and O–H groups in total. The smallest absolute Gasteiger partial charge is 0.255 e. The normalized spacial score (nSPS) is 11.0. The van der Waals surface area contributed by atoms with Crippen LogP contribution in [0.1, 0.15) is 10.4 Å². The van der Waals surface area contributed by atoms with Gasteiger partial charge in [-0.3, -0.25) is 4.79 Å². The lowest BCUT2D eigenvalue weighted by atomic mass is 10.2. The van der Waals surface area contributed by atoms with E-state index in [1.165, 1.54) is 26.3 Å². The predicted molar refractivity (Wildman–Crippen MR) is 83.6 cm³/mol. The maximum absolute atomic E-state index is 12.2. The largest absolute Gasteiger partial charge is 0.497 e. The lowest BCUT2D eigenvalue weighted by molar-refractivity contribution is 0.102. The van der Waals surface area contributed by atoms with E-state index in [4.69, 9.17) is 4.74 Å². The highest BCUT2D eigenvalue weighted by atomic mass is 32.2. The minimum absolute atomic E-state index is 0.0819. The molecule has 0 aliphatic carbocycles. The Balaban J connectivity index is 2.23. The van der Waals surface area contributed by atoms with E-state index in [1.807, 2.05) is 0 Å². The molecular weight excluding hydrogens is 304 g/mol. The van der Waals surface area contributed by atoms with E-state index in [1.54, 1.807) is 36.4 Å². The van der Waals surface area contributed by atoms with Crippen molar-refractivity contribution >= 4 is 21.6 Å². The first-order valence-electron chi connectivity index (χ1n) is 6.45.